The zero-order valence-corrected chi connectivity index (χ0v) is 20.6. The van der Waals surface area contributed by atoms with Crippen molar-refractivity contribution < 1.29 is 23.9 Å². The second-order valence-corrected chi connectivity index (χ2v) is 9.15. The quantitative estimate of drug-likeness (QED) is 0.659. The number of likely N-dealkylation sites (tertiary alicyclic amines) is 1. The molecule has 0 bridgehead atoms. The van der Waals surface area contributed by atoms with Gasteiger partial charge in [-0.3, -0.25) is 14.4 Å². The molecular weight excluding hydrogens is 446 g/mol. The minimum atomic E-state index is -0.304. The summed E-state index contributed by atoms with van der Waals surface area (Å²) in [5, 5.41) is 0. The lowest BCUT2D eigenvalue weighted by Gasteiger charge is -2.41. The molecule has 2 atom stereocenters. The average molecular weight is 480 g/mol. The molecule has 0 unspecified atom stereocenters. The third-order valence-corrected chi connectivity index (χ3v) is 7.03. The van der Waals surface area contributed by atoms with Crippen LogP contribution in [0.4, 0.5) is 0 Å². The number of piperidine rings is 1. The Morgan fingerprint density at radius 3 is 2.09 bits per heavy atom. The zero-order valence-electron chi connectivity index (χ0n) is 20.6. The fourth-order valence-electron chi connectivity index (χ4n) is 5.06. The molecule has 3 amide bonds. The van der Waals surface area contributed by atoms with Gasteiger partial charge in [0.15, 0.2) is 11.5 Å². The van der Waals surface area contributed by atoms with Crippen LogP contribution in [0.15, 0.2) is 48.5 Å². The first-order chi connectivity index (χ1) is 16.9. The van der Waals surface area contributed by atoms with E-state index in [4.69, 9.17) is 9.47 Å². The highest BCUT2D eigenvalue weighted by molar-refractivity contribution is 5.95. The maximum Gasteiger partial charge on any atom is 0.254 e. The summed E-state index contributed by atoms with van der Waals surface area (Å²) in [6, 6.07) is 15.2. The Hall–Kier alpha value is -3.55. The minimum Gasteiger partial charge on any atom is -0.493 e. The van der Waals surface area contributed by atoms with Crippen LogP contribution in [0, 0.1) is 5.92 Å². The first-order valence-electron chi connectivity index (χ1n) is 12.0. The maximum atomic E-state index is 13.6. The Balaban J connectivity index is 1.56. The summed E-state index contributed by atoms with van der Waals surface area (Å²) in [7, 11) is 3.10. The van der Waals surface area contributed by atoms with E-state index in [1.54, 1.807) is 49.1 Å². The van der Waals surface area contributed by atoms with Gasteiger partial charge in [0.05, 0.1) is 20.1 Å². The third kappa shape index (κ3) is 5.42. The predicted octanol–water partition coefficient (Wildman–Crippen LogP) is 2.64. The first-order valence-corrected chi connectivity index (χ1v) is 12.0. The monoisotopic (exact) mass is 479 g/mol. The molecule has 35 heavy (non-hydrogen) atoms. The Labute approximate surface area is 206 Å². The Kier molecular flexibility index (Phi) is 7.58. The molecule has 0 N–H and O–H groups in total. The summed E-state index contributed by atoms with van der Waals surface area (Å²) < 4.78 is 10.7. The van der Waals surface area contributed by atoms with Crippen LogP contribution in [0.2, 0.25) is 0 Å². The predicted molar refractivity (Wildman–Crippen MR) is 132 cm³/mol. The topological polar surface area (TPSA) is 79.4 Å². The molecule has 2 saturated heterocycles. The lowest BCUT2D eigenvalue weighted by Crippen LogP contribution is -2.54. The fraction of sp³-hybridized carbons (Fsp3) is 0.444. The Morgan fingerprint density at radius 2 is 1.46 bits per heavy atom. The van der Waals surface area contributed by atoms with Crippen molar-refractivity contribution in [2.75, 3.05) is 53.5 Å². The molecule has 4 rings (SSSR count). The molecule has 0 spiro atoms. The van der Waals surface area contributed by atoms with E-state index in [-0.39, 0.29) is 29.6 Å². The van der Waals surface area contributed by atoms with Crippen molar-refractivity contribution in [1.29, 1.82) is 0 Å². The number of hydrogen-bond donors (Lipinski definition) is 0. The minimum absolute atomic E-state index is 0.0330. The van der Waals surface area contributed by atoms with Crippen LogP contribution in [0.25, 0.3) is 0 Å². The Bertz CT molecular complexity index is 1070. The smallest absolute Gasteiger partial charge is 0.254 e. The Morgan fingerprint density at radius 1 is 0.800 bits per heavy atom. The molecule has 0 radical (unpaired) electrons. The first kappa shape index (κ1) is 24.6. The number of piperazine rings is 1. The summed E-state index contributed by atoms with van der Waals surface area (Å²) >= 11 is 0. The highest BCUT2D eigenvalue weighted by Gasteiger charge is 2.37. The van der Waals surface area contributed by atoms with Gasteiger partial charge in [-0.05, 0) is 30.2 Å². The number of amides is 3. The van der Waals surface area contributed by atoms with E-state index < -0.39 is 0 Å². The van der Waals surface area contributed by atoms with Gasteiger partial charge in [-0.1, -0.05) is 30.3 Å². The average Bonchev–Trinajstić information content (AvgIpc) is 2.92. The van der Waals surface area contributed by atoms with Gasteiger partial charge in [-0.15, -0.1) is 0 Å². The normalized spacial score (nSPS) is 20.4. The lowest BCUT2D eigenvalue weighted by molar-refractivity contribution is -0.142. The molecule has 0 aliphatic carbocycles. The molecule has 0 aromatic heterocycles. The van der Waals surface area contributed by atoms with Gasteiger partial charge in [0.1, 0.15) is 0 Å². The number of benzene rings is 2. The van der Waals surface area contributed by atoms with Crippen molar-refractivity contribution in [3.63, 3.8) is 0 Å². The summed E-state index contributed by atoms with van der Waals surface area (Å²) in [4.78, 5) is 44.2. The van der Waals surface area contributed by atoms with E-state index in [0.717, 1.165) is 5.56 Å². The van der Waals surface area contributed by atoms with Gasteiger partial charge in [0, 0.05) is 57.7 Å². The van der Waals surface area contributed by atoms with Gasteiger partial charge in [-0.2, -0.15) is 0 Å². The third-order valence-electron chi connectivity index (χ3n) is 7.03. The maximum absolute atomic E-state index is 13.6. The number of hydrogen-bond acceptors (Lipinski definition) is 5. The molecule has 2 aliphatic heterocycles. The molecule has 186 valence electrons. The van der Waals surface area contributed by atoms with E-state index in [9.17, 15) is 14.4 Å². The van der Waals surface area contributed by atoms with Crippen LogP contribution in [0.1, 0.15) is 35.2 Å². The van der Waals surface area contributed by atoms with Crippen LogP contribution >= 0.6 is 0 Å². The van der Waals surface area contributed by atoms with Gasteiger partial charge in [0.25, 0.3) is 5.91 Å². The lowest BCUT2D eigenvalue weighted by atomic mass is 9.83. The van der Waals surface area contributed by atoms with Crippen LogP contribution in [0.3, 0.4) is 0 Å². The van der Waals surface area contributed by atoms with Crippen LogP contribution in [0.5, 0.6) is 11.5 Å². The largest absolute Gasteiger partial charge is 0.493 e. The molecule has 2 fully saturated rings. The summed E-state index contributed by atoms with van der Waals surface area (Å²) in [6.45, 7) is 4.60. The molecule has 2 aromatic rings. The van der Waals surface area contributed by atoms with Crippen molar-refractivity contribution in [2.24, 2.45) is 5.92 Å². The molecule has 8 nitrogen and oxygen atoms in total. The molecule has 8 heteroatoms. The second kappa shape index (κ2) is 10.8. The van der Waals surface area contributed by atoms with Crippen LogP contribution < -0.4 is 9.47 Å². The van der Waals surface area contributed by atoms with Gasteiger partial charge in [-0.25, -0.2) is 0 Å². The summed E-state index contributed by atoms with van der Waals surface area (Å²) in [6.07, 6.45) is 0.686. The summed E-state index contributed by atoms with van der Waals surface area (Å²) in [5.41, 5.74) is 1.62. The van der Waals surface area contributed by atoms with Crippen LogP contribution in [-0.2, 0) is 9.59 Å². The van der Waals surface area contributed by atoms with E-state index >= 15 is 0 Å². The van der Waals surface area contributed by atoms with E-state index in [1.807, 2.05) is 23.1 Å². The summed E-state index contributed by atoms with van der Waals surface area (Å²) in [5.74, 6) is 0.757. The standard InChI is InChI=1S/C27H33N3O5/c1-19(31)28-11-13-29(14-12-28)27(33)23-15-22(20-7-5-4-6-8-20)17-30(18-23)26(32)21-9-10-24(34-2)25(16-21)35-3/h4-10,16,22-23H,11-15,17-18H2,1-3H3/t22-,23-/m1/s1. The van der Waals surface area contributed by atoms with E-state index in [1.165, 1.54) is 0 Å². The number of methoxy groups -OCH3 is 2. The SMILES string of the molecule is COc1ccc(C(=O)N2C[C@H](C(=O)N3CCN(C(C)=O)CC3)C[C@@H](c3ccccc3)C2)cc1OC. The molecule has 2 aliphatic rings. The number of nitrogens with zero attached hydrogens (tertiary/aromatic N) is 3. The van der Waals surface area contributed by atoms with Crippen molar-refractivity contribution >= 4 is 17.7 Å². The molecular formula is C27H33N3O5. The van der Waals surface area contributed by atoms with Gasteiger partial charge in [0.2, 0.25) is 11.8 Å². The van der Waals surface area contributed by atoms with Crippen molar-refractivity contribution in [3.05, 3.63) is 59.7 Å². The van der Waals surface area contributed by atoms with Crippen molar-refractivity contribution in [2.45, 2.75) is 19.3 Å². The van der Waals surface area contributed by atoms with Crippen molar-refractivity contribution in [3.8, 4) is 11.5 Å². The molecule has 2 aromatic carbocycles. The number of rotatable bonds is 5. The molecule has 0 saturated carbocycles. The van der Waals surface area contributed by atoms with Gasteiger partial charge >= 0.3 is 0 Å². The zero-order chi connectivity index (χ0) is 24.9. The molecule has 2 heterocycles. The van der Waals surface area contributed by atoms with Crippen molar-refractivity contribution in [1.82, 2.24) is 14.7 Å². The van der Waals surface area contributed by atoms with Gasteiger partial charge < -0.3 is 24.2 Å². The van der Waals surface area contributed by atoms with E-state index in [2.05, 4.69) is 12.1 Å². The highest BCUT2D eigenvalue weighted by atomic mass is 16.5. The fourth-order valence-corrected chi connectivity index (χ4v) is 5.06. The number of carbonyl (C=O) groups is 3. The highest BCUT2D eigenvalue weighted by Crippen LogP contribution is 2.34. The number of ether oxygens (including phenoxy) is 2. The number of carbonyl (C=O) groups excluding carboxylic acids is 3. The van der Waals surface area contributed by atoms with E-state index in [0.29, 0.717) is 62.8 Å². The van der Waals surface area contributed by atoms with Crippen LogP contribution in [-0.4, -0.2) is 85.9 Å². The second-order valence-electron chi connectivity index (χ2n) is 9.15.